The fraction of sp³-hybridized carbons (Fsp3) is 0.333. The van der Waals surface area contributed by atoms with E-state index in [1.54, 1.807) is 6.20 Å². The van der Waals surface area contributed by atoms with Crippen molar-refractivity contribution in [3.63, 3.8) is 0 Å². The van der Waals surface area contributed by atoms with Crippen molar-refractivity contribution in [1.29, 1.82) is 0 Å². The molecule has 2 atom stereocenters. The summed E-state index contributed by atoms with van der Waals surface area (Å²) in [6.45, 7) is 3.39. The normalized spacial score (nSPS) is 21.2. The van der Waals surface area contributed by atoms with E-state index in [2.05, 4.69) is 15.3 Å². The van der Waals surface area contributed by atoms with Gasteiger partial charge in [0.15, 0.2) is 0 Å². The van der Waals surface area contributed by atoms with E-state index in [0.717, 1.165) is 29.4 Å². The first-order valence-electron chi connectivity index (χ1n) is 8.19. The van der Waals surface area contributed by atoms with E-state index in [4.69, 9.17) is 0 Å². The van der Waals surface area contributed by atoms with E-state index in [1.165, 1.54) is 0 Å². The molecule has 0 bridgehead atoms. The maximum absolute atomic E-state index is 12.6. The molecule has 1 aliphatic heterocycles. The van der Waals surface area contributed by atoms with Crippen LogP contribution >= 0.6 is 0 Å². The van der Waals surface area contributed by atoms with Crippen molar-refractivity contribution in [2.24, 2.45) is 0 Å². The number of fused-ring (bicyclic) bond motifs is 1. The number of piperidine rings is 1. The fourth-order valence-corrected chi connectivity index (χ4v) is 3.42. The summed E-state index contributed by atoms with van der Waals surface area (Å²) in [6, 6.07) is 7.78. The van der Waals surface area contributed by atoms with Crippen molar-refractivity contribution in [3.05, 3.63) is 52.6 Å². The fourth-order valence-electron chi connectivity index (χ4n) is 3.42. The maximum atomic E-state index is 12.6. The van der Waals surface area contributed by atoms with Gasteiger partial charge in [-0.3, -0.25) is 4.79 Å². The summed E-state index contributed by atoms with van der Waals surface area (Å²) < 4.78 is 1.93. The lowest BCUT2D eigenvalue weighted by Gasteiger charge is -2.30. The van der Waals surface area contributed by atoms with Gasteiger partial charge in [0.1, 0.15) is 5.82 Å². The van der Waals surface area contributed by atoms with Crippen molar-refractivity contribution < 1.29 is 5.11 Å². The van der Waals surface area contributed by atoms with Gasteiger partial charge in [-0.2, -0.15) is 0 Å². The van der Waals surface area contributed by atoms with E-state index in [1.807, 2.05) is 42.0 Å². The quantitative estimate of drug-likeness (QED) is 0.668. The van der Waals surface area contributed by atoms with E-state index < -0.39 is 6.10 Å². The lowest BCUT2D eigenvalue weighted by Crippen LogP contribution is -2.41. The summed E-state index contributed by atoms with van der Waals surface area (Å²) in [5.41, 5.74) is 2.29. The number of hydrogen-bond donors (Lipinski definition) is 3. The third kappa shape index (κ3) is 2.53. The van der Waals surface area contributed by atoms with Gasteiger partial charge in [-0.1, -0.05) is 12.1 Å². The minimum absolute atomic E-state index is 0.0723. The average molecular weight is 324 g/mol. The second kappa shape index (κ2) is 5.89. The molecule has 6 heteroatoms. The van der Waals surface area contributed by atoms with Gasteiger partial charge in [-0.05, 0) is 43.0 Å². The van der Waals surface area contributed by atoms with Gasteiger partial charge in [0, 0.05) is 24.5 Å². The van der Waals surface area contributed by atoms with Crippen LogP contribution in [0.1, 0.15) is 18.0 Å². The molecule has 0 saturated carbocycles. The molecule has 0 unspecified atom stereocenters. The number of nitrogens with one attached hydrogen (secondary N) is 2. The number of aromatic nitrogens is 3. The molecule has 4 rings (SSSR count). The summed E-state index contributed by atoms with van der Waals surface area (Å²) in [6.07, 6.45) is 3.83. The Labute approximate surface area is 139 Å². The molecule has 0 radical (unpaired) electrons. The smallest absolute Gasteiger partial charge is 0.259 e. The van der Waals surface area contributed by atoms with E-state index in [0.29, 0.717) is 17.9 Å². The molecule has 24 heavy (non-hydrogen) atoms. The van der Waals surface area contributed by atoms with Crippen LogP contribution in [0, 0.1) is 6.92 Å². The van der Waals surface area contributed by atoms with Gasteiger partial charge in [0.25, 0.3) is 5.56 Å². The lowest BCUT2D eigenvalue weighted by molar-refractivity contribution is 0.0880. The van der Waals surface area contributed by atoms with Crippen molar-refractivity contribution in [2.75, 3.05) is 13.1 Å². The molecule has 3 heterocycles. The Morgan fingerprint density at radius 2 is 2.21 bits per heavy atom. The van der Waals surface area contributed by atoms with Crippen LogP contribution in [0.4, 0.5) is 0 Å². The average Bonchev–Trinajstić information content (AvgIpc) is 3.03. The number of aromatic amines is 1. The highest BCUT2D eigenvalue weighted by Crippen LogP contribution is 2.26. The minimum Gasteiger partial charge on any atom is -0.390 e. The van der Waals surface area contributed by atoms with Gasteiger partial charge >= 0.3 is 0 Å². The number of nitrogens with zero attached hydrogens (tertiary/aromatic N) is 2. The Hall–Kier alpha value is -2.44. The van der Waals surface area contributed by atoms with E-state index >= 15 is 0 Å². The molecule has 0 spiro atoms. The summed E-state index contributed by atoms with van der Waals surface area (Å²) in [5, 5.41) is 14.4. The number of pyridine rings is 1. The number of β-amino-alcohol motifs (C(OH)–C–C–N with tert-alkyl or cyclic N) is 1. The number of imidazole rings is 1. The lowest BCUT2D eigenvalue weighted by atomic mass is 10.0. The second-order valence-corrected chi connectivity index (χ2v) is 6.39. The van der Waals surface area contributed by atoms with Crippen LogP contribution in [0.15, 0.2) is 41.5 Å². The molecule has 3 N–H and O–H groups in total. The predicted molar refractivity (Wildman–Crippen MR) is 93.1 cm³/mol. The van der Waals surface area contributed by atoms with Crippen LogP contribution in [-0.2, 0) is 0 Å². The van der Waals surface area contributed by atoms with Gasteiger partial charge in [-0.25, -0.2) is 4.98 Å². The first-order valence-corrected chi connectivity index (χ1v) is 8.19. The zero-order valence-electron chi connectivity index (χ0n) is 13.5. The van der Waals surface area contributed by atoms with Gasteiger partial charge < -0.3 is 20.0 Å². The van der Waals surface area contributed by atoms with Gasteiger partial charge in [0.05, 0.1) is 17.7 Å². The topological polar surface area (TPSA) is 82.9 Å². The summed E-state index contributed by atoms with van der Waals surface area (Å²) >= 11 is 0. The highest BCUT2D eigenvalue weighted by molar-refractivity contribution is 5.83. The molecule has 1 fully saturated rings. The highest BCUT2D eigenvalue weighted by Gasteiger charge is 2.27. The molecule has 1 saturated heterocycles. The zero-order chi connectivity index (χ0) is 16.7. The number of benzene rings is 1. The Balaban J connectivity index is 1.84. The molecule has 0 aliphatic carbocycles. The Morgan fingerprint density at radius 1 is 1.33 bits per heavy atom. The molecule has 6 nitrogen and oxygen atoms in total. The van der Waals surface area contributed by atoms with Crippen LogP contribution in [0.3, 0.4) is 0 Å². The molecule has 1 aliphatic rings. The van der Waals surface area contributed by atoms with Crippen LogP contribution in [0.2, 0.25) is 0 Å². The third-order valence-electron chi connectivity index (χ3n) is 4.68. The number of aliphatic hydroxyl groups excluding tert-OH is 1. The van der Waals surface area contributed by atoms with Crippen molar-refractivity contribution in [1.82, 2.24) is 19.9 Å². The molecule has 124 valence electrons. The molecular formula is C18H20N4O2. The largest absolute Gasteiger partial charge is 0.390 e. The second-order valence-electron chi connectivity index (χ2n) is 6.39. The Bertz CT molecular complexity index is 944. The first-order chi connectivity index (χ1) is 11.6. The maximum Gasteiger partial charge on any atom is 0.259 e. The SMILES string of the molecule is Cc1ccc2cc(-c3nccn3[C@H]3CCNC[C@@H]3O)c(=O)[nH]c2c1. The van der Waals surface area contributed by atoms with Gasteiger partial charge in [-0.15, -0.1) is 0 Å². The standard InChI is InChI=1S/C18H20N4O2/c1-11-2-3-12-9-13(18(24)21-14(12)8-11)17-20-6-7-22(17)15-4-5-19-10-16(15)23/h2-3,6-9,15-16,19,23H,4-5,10H2,1H3,(H,21,24)/t15-,16-/m0/s1. The van der Waals surface area contributed by atoms with E-state index in [9.17, 15) is 9.90 Å². The Morgan fingerprint density at radius 3 is 3.04 bits per heavy atom. The van der Waals surface area contributed by atoms with Crippen LogP contribution < -0.4 is 10.9 Å². The molecule has 3 aromatic rings. The number of aliphatic hydroxyl groups is 1. The monoisotopic (exact) mass is 324 g/mol. The van der Waals surface area contributed by atoms with Crippen LogP contribution in [0.5, 0.6) is 0 Å². The number of rotatable bonds is 2. The summed E-state index contributed by atoms with van der Waals surface area (Å²) in [4.78, 5) is 19.9. The van der Waals surface area contributed by atoms with Crippen molar-refractivity contribution >= 4 is 10.9 Å². The molecular weight excluding hydrogens is 304 g/mol. The number of aryl methyl sites for hydroxylation is 1. The third-order valence-corrected chi connectivity index (χ3v) is 4.68. The first kappa shape index (κ1) is 15.1. The molecule has 1 aromatic carbocycles. The van der Waals surface area contributed by atoms with Crippen molar-refractivity contribution in [3.8, 4) is 11.4 Å². The number of H-pyrrole nitrogens is 1. The molecule has 2 aromatic heterocycles. The van der Waals surface area contributed by atoms with Crippen LogP contribution in [0.25, 0.3) is 22.3 Å². The van der Waals surface area contributed by atoms with Gasteiger partial charge in [0.2, 0.25) is 0 Å². The predicted octanol–water partition coefficient (Wildman–Crippen LogP) is 1.60. The number of hydrogen-bond acceptors (Lipinski definition) is 4. The van der Waals surface area contributed by atoms with Crippen LogP contribution in [-0.4, -0.2) is 38.8 Å². The summed E-state index contributed by atoms with van der Waals surface area (Å²) in [5.74, 6) is 0.602. The Kier molecular flexibility index (Phi) is 3.70. The minimum atomic E-state index is -0.492. The highest BCUT2D eigenvalue weighted by atomic mass is 16.3. The van der Waals surface area contributed by atoms with Crippen molar-refractivity contribution in [2.45, 2.75) is 25.5 Å². The van der Waals surface area contributed by atoms with E-state index in [-0.39, 0.29) is 11.6 Å². The summed E-state index contributed by atoms with van der Waals surface area (Å²) in [7, 11) is 0. The zero-order valence-corrected chi connectivity index (χ0v) is 13.5. The molecule has 0 amide bonds.